The minimum atomic E-state index is -3.17. The highest BCUT2D eigenvalue weighted by Crippen LogP contribution is 2.20. The number of benzene rings is 1. The summed E-state index contributed by atoms with van der Waals surface area (Å²) in [6, 6.07) is 6.07. The third-order valence-corrected chi connectivity index (χ3v) is 6.06. The lowest BCUT2D eigenvalue weighted by atomic mass is 9.98. The second-order valence-electron chi connectivity index (χ2n) is 6.10. The molecule has 0 aliphatic heterocycles. The third kappa shape index (κ3) is 4.87. The Kier molecular flexibility index (Phi) is 5.71. The lowest BCUT2D eigenvalue weighted by Gasteiger charge is -2.21. The van der Waals surface area contributed by atoms with E-state index in [1.165, 1.54) is 12.1 Å². The Balaban J connectivity index is 2.63. The molecule has 1 aromatic rings. The summed E-state index contributed by atoms with van der Waals surface area (Å²) in [5, 5.41) is 9.37. The van der Waals surface area contributed by atoms with Gasteiger partial charge in [0.2, 0.25) is 0 Å². The number of aliphatic hydroxyl groups is 1. The molecule has 0 saturated carbocycles. The highest BCUT2D eigenvalue weighted by atomic mass is 32.2. The van der Waals surface area contributed by atoms with E-state index < -0.39 is 14.6 Å². The molecule has 1 atom stereocenters. The maximum absolute atomic E-state index is 12.8. The number of aliphatic hydroxyl groups excluding tert-OH is 1. The minimum Gasteiger partial charge on any atom is -0.396 e. The van der Waals surface area contributed by atoms with Gasteiger partial charge in [-0.1, -0.05) is 12.1 Å². The van der Waals surface area contributed by atoms with Crippen molar-refractivity contribution in [2.45, 2.75) is 38.4 Å². The van der Waals surface area contributed by atoms with E-state index in [-0.39, 0.29) is 24.1 Å². The predicted octanol–water partition coefficient (Wildman–Crippen LogP) is 2.58. The van der Waals surface area contributed by atoms with Gasteiger partial charge in [-0.3, -0.25) is 0 Å². The molecule has 1 aromatic carbocycles. The largest absolute Gasteiger partial charge is 0.396 e. The monoisotopic (exact) mass is 302 g/mol. The summed E-state index contributed by atoms with van der Waals surface area (Å²) in [6.45, 7) is 4.96. The van der Waals surface area contributed by atoms with Gasteiger partial charge in [0.1, 0.15) is 5.82 Å². The number of rotatable bonds is 6. The minimum absolute atomic E-state index is 0.0585. The molecular weight excluding hydrogens is 279 g/mol. The Morgan fingerprint density at radius 1 is 1.20 bits per heavy atom. The molecule has 0 bridgehead atoms. The number of sulfone groups is 1. The van der Waals surface area contributed by atoms with Crippen LogP contribution in [0.15, 0.2) is 24.3 Å². The van der Waals surface area contributed by atoms with E-state index in [0.717, 1.165) is 5.56 Å². The maximum atomic E-state index is 12.8. The third-order valence-electron chi connectivity index (χ3n) is 3.42. The van der Waals surface area contributed by atoms with Crippen LogP contribution in [0.3, 0.4) is 0 Å². The summed E-state index contributed by atoms with van der Waals surface area (Å²) >= 11 is 0. The first-order valence-corrected chi connectivity index (χ1v) is 8.38. The molecule has 1 rings (SSSR count). The van der Waals surface area contributed by atoms with Crippen LogP contribution in [0.25, 0.3) is 0 Å². The standard InChI is InChI=1S/C15H23FO3S/c1-15(2,3)20(18,19)9-8-13(11-17)10-12-4-6-14(16)7-5-12/h4-7,13,17H,8-11H2,1-3H3. The van der Waals surface area contributed by atoms with Gasteiger partial charge in [0.05, 0.1) is 10.5 Å². The van der Waals surface area contributed by atoms with Crippen LogP contribution in [0.4, 0.5) is 4.39 Å². The average Bonchev–Trinajstić information content (AvgIpc) is 2.35. The SMILES string of the molecule is CC(C)(C)S(=O)(=O)CCC(CO)Cc1ccc(F)cc1. The lowest BCUT2D eigenvalue weighted by molar-refractivity contribution is 0.222. The summed E-state index contributed by atoms with van der Waals surface area (Å²) in [7, 11) is -3.17. The Hall–Kier alpha value is -0.940. The van der Waals surface area contributed by atoms with Gasteiger partial charge < -0.3 is 5.11 Å². The zero-order valence-electron chi connectivity index (χ0n) is 12.3. The Morgan fingerprint density at radius 3 is 2.20 bits per heavy atom. The van der Waals surface area contributed by atoms with E-state index in [1.807, 2.05) is 0 Å². The summed E-state index contributed by atoms with van der Waals surface area (Å²) in [6.07, 6.45) is 0.962. The molecular formula is C15H23FO3S. The van der Waals surface area contributed by atoms with E-state index >= 15 is 0 Å². The highest BCUT2D eigenvalue weighted by molar-refractivity contribution is 7.92. The fraction of sp³-hybridized carbons (Fsp3) is 0.600. The zero-order chi connectivity index (χ0) is 15.4. The molecule has 0 fully saturated rings. The smallest absolute Gasteiger partial charge is 0.155 e. The van der Waals surface area contributed by atoms with Crippen molar-refractivity contribution in [1.29, 1.82) is 0 Å². The van der Waals surface area contributed by atoms with Gasteiger partial charge in [0, 0.05) is 6.61 Å². The van der Waals surface area contributed by atoms with Crippen LogP contribution in [-0.4, -0.2) is 30.6 Å². The molecule has 3 nitrogen and oxygen atoms in total. The Labute approximate surface area is 120 Å². The van der Waals surface area contributed by atoms with Crippen molar-refractivity contribution >= 4 is 9.84 Å². The van der Waals surface area contributed by atoms with Crippen molar-refractivity contribution in [3.63, 3.8) is 0 Å². The molecule has 0 aliphatic rings. The van der Waals surface area contributed by atoms with Crippen LogP contribution < -0.4 is 0 Å². The average molecular weight is 302 g/mol. The molecule has 0 aromatic heterocycles. The van der Waals surface area contributed by atoms with Crippen molar-refractivity contribution < 1.29 is 17.9 Å². The molecule has 0 aliphatic carbocycles. The normalized spacial score (nSPS) is 14.2. The molecule has 0 spiro atoms. The van der Waals surface area contributed by atoms with E-state index in [1.54, 1.807) is 32.9 Å². The molecule has 0 radical (unpaired) electrons. The molecule has 0 saturated heterocycles. The van der Waals surface area contributed by atoms with Crippen molar-refractivity contribution in [2.75, 3.05) is 12.4 Å². The van der Waals surface area contributed by atoms with E-state index in [4.69, 9.17) is 0 Å². The molecule has 0 amide bonds. The lowest BCUT2D eigenvalue weighted by Crippen LogP contribution is -2.31. The van der Waals surface area contributed by atoms with Crippen LogP contribution >= 0.6 is 0 Å². The Morgan fingerprint density at radius 2 is 1.75 bits per heavy atom. The number of halogens is 1. The first-order chi connectivity index (χ1) is 9.15. The van der Waals surface area contributed by atoms with E-state index in [2.05, 4.69) is 0 Å². The van der Waals surface area contributed by atoms with Crippen molar-refractivity contribution in [1.82, 2.24) is 0 Å². The zero-order valence-corrected chi connectivity index (χ0v) is 13.1. The fourth-order valence-corrected chi connectivity index (χ4v) is 3.10. The second kappa shape index (κ2) is 6.68. The van der Waals surface area contributed by atoms with Crippen LogP contribution in [0.1, 0.15) is 32.8 Å². The van der Waals surface area contributed by atoms with Gasteiger partial charge in [0.25, 0.3) is 0 Å². The van der Waals surface area contributed by atoms with Gasteiger partial charge in [-0.2, -0.15) is 0 Å². The predicted molar refractivity (Wildman–Crippen MR) is 78.8 cm³/mol. The molecule has 1 unspecified atom stereocenters. The maximum Gasteiger partial charge on any atom is 0.155 e. The van der Waals surface area contributed by atoms with Crippen LogP contribution in [0.2, 0.25) is 0 Å². The van der Waals surface area contributed by atoms with Gasteiger partial charge in [-0.15, -0.1) is 0 Å². The quantitative estimate of drug-likeness (QED) is 0.878. The van der Waals surface area contributed by atoms with E-state index in [9.17, 15) is 17.9 Å². The summed E-state index contributed by atoms with van der Waals surface area (Å²) in [5.41, 5.74) is 0.901. The van der Waals surface area contributed by atoms with Gasteiger partial charge >= 0.3 is 0 Å². The number of hydrogen-bond donors (Lipinski definition) is 1. The first kappa shape index (κ1) is 17.1. The first-order valence-electron chi connectivity index (χ1n) is 6.73. The van der Waals surface area contributed by atoms with Gasteiger partial charge in [-0.05, 0) is 57.2 Å². The molecule has 0 heterocycles. The van der Waals surface area contributed by atoms with Crippen molar-refractivity contribution in [3.8, 4) is 0 Å². The summed E-state index contributed by atoms with van der Waals surface area (Å²) < 4.78 is 36.1. The van der Waals surface area contributed by atoms with Crippen molar-refractivity contribution in [3.05, 3.63) is 35.6 Å². The molecule has 1 N–H and O–H groups in total. The second-order valence-corrected chi connectivity index (χ2v) is 8.96. The van der Waals surface area contributed by atoms with E-state index in [0.29, 0.717) is 12.8 Å². The summed E-state index contributed by atoms with van der Waals surface area (Å²) in [4.78, 5) is 0. The fourth-order valence-electron chi connectivity index (χ4n) is 1.84. The van der Waals surface area contributed by atoms with Crippen LogP contribution in [0, 0.1) is 11.7 Å². The highest BCUT2D eigenvalue weighted by Gasteiger charge is 2.29. The summed E-state index contributed by atoms with van der Waals surface area (Å²) in [5.74, 6) is -0.370. The molecule has 5 heteroatoms. The van der Waals surface area contributed by atoms with Crippen LogP contribution in [-0.2, 0) is 16.3 Å². The van der Waals surface area contributed by atoms with Gasteiger partial charge in [-0.25, -0.2) is 12.8 Å². The van der Waals surface area contributed by atoms with Crippen LogP contribution in [0.5, 0.6) is 0 Å². The topological polar surface area (TPSA) is 54.4 Å². The van der Waals surface area contributed by atoms with Crippen molar-refractivity contribution in [2.24, 2.45) is 5.92 Å². The molecule has 20 heavy (non-hydrogen) atoms. The molecule has 114 valence electrons. The Bertz CT molecular complexity index is 515. The van der Waals surface area contributed by atoms with Gasteiger partial charge in [0.15, 0.2) is 9.84 Å². The number of hydrogen-bond acceptors (Lipinski definition) is 3.